The molecule has 7 heteroatoms. The first kappa shape index (κ1) is 21.1. The molecule has 0 unspecified atom stereocenters. The van der Waals surface area contributed by atoms with Crippen molar-refractivity contribution in [3.63, 3.8) is 0 Å². The highest BCUT2D eigenvalue weighted by Gasteiger charge is 2.12. The van der Waals surface area contributed by atoms with Gasteiger partial charge in [-0.1, -0.05) is 49.8 Å². The molecule has 6 nitrogen and oxygen atoms in total. The summed E-state index contributed by atoms with van der Waals surface area (Å²) in [5, 5.41) is 4.43. The van der Waals surface area contributed by atoms with Gasteiger partial charge in [0.05, 0.1) is 17.7 Å². The predicted octanol–water partition coefficient (Wildman–Crippen LogP) is 4.33. The molecule has 2 heterocycles. The first-order chi connectivity index (χ1) is 15.2. The molecule has 0 aliphatic carbocycles. The van der Waals surface area contributed by atoms with Crippen molar-refractivity contribution in [2.45, 2.75) is 33.1 Å². The average Bonchev–Trinajstić information content (AvgIpc) is 3.33. The second-order valence-electron chi connectivity index (χ2n) is 7.16. The number of unbranched alkanes of at least 4 members (excludes halogenated alkanes) is 1. The Kier molecular flexibility index (Phi) is 6.62. The number of hydrogen-bond acceptors (Lipinski definition) is 6. The molecule has 0 spiro atoms. The molecule has 0 radical (unpaired) electrons. The summed E-state index contributed by atoms with van der Waals surface area (Å²) in [7, 11) is 0. The number of nitrogens with zero attached hydrogens (tertiary/aromatic N) is 3. The lowest BCUT2D eigenvalue weighted by molar-refractivity contribution is 0.309. The molecule has 160 valence electrons. The van der Waals surface area contributed by atoms with Gasteiger partial charge in [0.1, 0.15) is 11.5 Å². The zero-order valence-corrected chi connectivity index (χ0v) is 18.5. The summed E-state index contributed by atoms with van der Waals surface area (Å²) in [4.78, 5) is 18.0. The van der Waals surface area contributed by atoms with Gasteiger partial charge in [-0.2, -0.15) is 9.50 Å². The van der Waals surface area contributed by atoms with Crippen LogP contribution in [-0.4, -0.2) is 27.8 Å². The molecule has 2 aromatic carbocycles. The minimum absolute atomic E-state index is 0.177. The van der Waals surface area contributed by atoms with Crippen molar-refractivity contribution in [2.24, 2.45) is 0 Å². The maximum Gasteiger partial charge on any atom is 0.291 e. The fourth-order valence-electron chi connectivity index (χ4n) is 3.08. The third kappa shape index (κ3) is 4.77. The van der Waals surface area contributed by atoms with Gasteiger partial charge in [-0.3, -0.25) is 4.79 Å². The molecule has 0 atom stereocenters. The van der Waals surface area contributed by atoms with Crippen molar-refractivity contribution < 1.29 is 9.47 Å². The van der Waals surface area contributed by atoms with Crippen LogP contribution >= 0.6 is 11.3 Å². The van der Waals surface area contributed by atoms with E-state index in [1.54, 1.807) is 0 Å². The Morgan fingerprint density at radius 2 is 1.81 bits per heavy atom. The molecule has 4 rings (SSSR count). The Bertz CT molecular complexity index is 1260. The number of thiazole rings is 1. The minimum atomic E-state index is -0.177. The Morgan fingerprint density at radius 1 is 1.00 bits per heavy atom. The van der Waals surface area contributed by atoms with Crippen LogP contribution in [0, 0.1) is 0 Å². The second-order valence-corrected chi connectivity index (χ2v) is 8.17. The molecule has 0 fully saturated rings. The maximum atomic E-state index is 12.9. The van der Waals surface area contributed by atoms with Crippen molar-refractivity contribution >= 4 is 22.4 Å². The van der Waals surface area contributed by atoms with Crippen molar-refractivity contribution in [1.82, 2.24) is 14.6 Å². The van der Waals surface area contributed by atoms with E-state index in [9.17, 15) is 4.79 Å². The normalized spacial score (nSPS) is 11.9. The van der Waals surface area contributed by atoms with Crippen LogP contribution in [0.25, 0.3) is 22.4 Å². The first-order valence-corrected chi connectivity index (χ1v) is 11.4. The van der Waals surface area contributed by atoms with Crippen molar-refractivity contribution in [2.75, 3.05) is 13.2 Å². The topological polar surface area (TPSA) is 65.7 Å². The van der Waals surface area contributed by atoms with Gasteiger partial charge in [-0.05, 0) is 49.2 Å². The fraction of sp³-hybridized carbons (Fsp3) is 0.292. The van der Waals surface area contributed by atoms with E-state index >= 15 is 0 Å². The van der Waals surface area contributed by atoms with Gasteiger partial charge in [-0.15, -0.1) is 5.10 Å². The standard InChI is InChI=1S/C24H25N3O3S/c1-3-5-15-29-19-12-10-17(11-13-19)22-25-24-27(26-22)23(28)21(31-24)16-18-8-6-7-9-20(18)30-14-4-2/h6-13,16H,3-5,14-15H2,1-2H3/b21-16-. The molecule has 0 N–H and O–H groups in total. The summed E-state index contributed by atoms with van der Waals surface area (Å²) in [5.74, 6) is 2.12. The number of benzene rings is 2. The van der Waals surface area contributed by atoms with E-state index in [4.69, 9.17) is 9.47 Å². The SMILES string of the molecule is CCCCOc1ccc(-c2nc3s/c(=C\c4ccccc4OCCC)c(=O)n3n2)cc1. The molecule has 0 aliphatic rings. The van der Waals surface area contributed by atoms with Crippen LogP contribution in [0.5, 0.6) is 11.5 Å². The van der Waals surface area contributed by atoms with Gasteiger partial charge >= 0.3 is 0 Å². The van der Waals surface area contributed by atoms with Crippen LogP contribution in [0.1, 0.15) is 38.7 Å². The van der Waals surface area contributed by atoms with E-state index in [0.29, 0.717) is 28.5 Å². The van der Waals surface area contributed by atoms with E-state index in [1.807, 2.05) is 54.6 Å². The minimum Gasteiger partial charge on any atom is -0.494 e. The second kappa shape index (κ2) is 9.75. The monoisotopic (exact) mass is 435 g/mol. The van der Waals surface area contributed by atoms with E-state index in [-0.39, 0.29) is 5.56 Å². The quantitative estimate of drug-likeness (QED) is 0.366. The highest BCUT2D eigenvalue weighted by molar-refractivity contribution is 7.15. The van der Waals surface area contributed by atoms with E-state index in [2.05, 4.69) is 23.9 Å². The van der Waals surface area contributed by atoms with E-state index in [1.165, 1.54) is 15.9 Å². The first-order valence-electron chi connectivity index (χ1n) is 10.6. The van der Waals surface area contributed by atoms with Crippen LogP contribution in [0.3, 0.4) is 0 Å². The third-order valence-electron chi connectivity index (χ3n) is 4.73. The van der Waals surface area contributed by atoms with Crippen LogP contribution in [0.15, 0.2) is 53.3 Å². The summed E-state index contributed by atoms with van der Waals surface area (Å²) >= 11 is 1.32. The van der Waals surface area contributed by atoms with Gasteiger partial charge < -0.3 is 9.47 Å². The predicted molar refractivity (Wildman–Crippen MR) is 124 cm³/mol. The van der Waals surface area contributed by atoms with Gasteiger partial charge in [0.15, 0.2) is 5.82 Å². The van der Waals surface area contributed by atoms with Crippen molar-refractivity contribution in [3.05, 3.63) is 69.0 Å². The molecule has 0 aliphatic heterocycles. The van der Waals surface area contributed by atoms with E-state index in [0.717, 1.165) is 41.9 Å². The molecule has 2 aromatic heterocycles. The Labute approximate surface area is 184 Å². The molecule has 0 saturated carbocycles. The highest BCUT2D eigenvalue weighted by Crippen LogP contribution is 2.21. The number of rotatable bonds is 9. The molecular formula is C24H25N3O3S. The average molecular weight is 436 g/mol. The zero-order chi connectivity index (χ0) is 21.6. The van der Waals surface area contributed by atoms with Gasteiger partial charge in [0.2, 0.25) is 4.96 Å². The lowest BCUT2D eigenvalue weighted by Crippen LogP contribution is -2.23. The molecule has 0 bridgehead atoms. The summed E-state index contributed by atoms with van der Waals surface area (Å²) in [6.07, 6.45) is 4.89. The zero-order valence-electron chi connectivity index (χ0n) is 17.7. The number of aromatic nitrogens is 3. The molecular weight excluding hydrogens is 410 g/mol. The Morgan fingerprint density at radius 3 is 2.55 bits per heavy atom. The Hall–Kier alpha value is -3.19. The molecule has 0 saturated heterocycles. The van der Waals surface area contributed by atoms with Gasteiger partial charge in [0.25, 0.3) is 5.56 Å². The lowest BCUT2D eigenvalue weighted by Gasteiger charge is -2.07. The van der Waals surface area contributed by atoms with Gasteiger partial charge in [-0.25, -0.2) is 0 Å². The van der Waals surface area contributed by atoms with Crippen LogP contribution in [-0.2, 0) is 0 Å². The summed E-state index contributed by atoms with van der Waals surface area (Å²) in [6.45, 7) is 5.54. The van der Waals surface area contributed by atoms with Crippen molar-refractivity contribution in [1.29, 1.82) is 0 Å². The number of hydrogen-bond donors (Lipinski definition) is 0. The van der Waals surface area contributed by atoms with Gasteiger partial charge in [0, 0.05) is 11.1 Å². The van der Waals surface area contributed by atoms with Crippen LogP contribution in [0.4, 0.5) is 0 Å². The molecule has 0 amide bonds. The number of para-hydroxylation sites is 1. The van der Waals surface area contributed by atoms with Crippen LogP contribution in [0.2, 0.25) is 0 Å². The fourth-order valence-corrected chi connectivity index (χ4v) is 3.97. The van der Waals surface area contributed by atoms with Crippen LogP contribution < -0.4 is 19.6 Å². The Balaban J connectivity index is 1.61. The maximum absolute atomic E-state index is 12.9. The smallest absolute Gasteiger partial charge is 0.291 e. The summed E-state index contributed by atoms with van der Waals surface area (Å²) < 4.78 is 13.4. The third-order valence-corrected chi connectivity index (χ3v) is 5.69. The number of ether oxygens (including phenoxy) is 2. The summed E-state index contributed by atoms with van der Waals surface area (Å²) in [6, 6.07) is 15.4. The molecule has 31 heavy (non-hydrogen) atoms. The van der Waals surface area contributed by atoms with Crippen molar-refractivity contribution in [3.8, 4) is 22.9 Å². The largest absolute Gasteiger partial charge is 0.494 e. The highest BCUT2D eigenvalue weighted by atomic mass is 32.1. The summed E-state index contributed by atoms with van der Waals surface area (Å²) in [5.41, 5.74) is 1.54. The van der Waals surface area contributed by atoms with E-state index < -0.39 is 0 Å². The number of fused-ring (bicyclic) bond motifs is 1. The lowest BCUT2D eigenvalue weighted by atomic mass is 10.2. The molecule has 4 aromatic rings.